The average molecular weight is 443 g/mol. The minimum absolute atomic E-state index is 0.0117. The van der Waals surface area contributed by atoms with Crippen molar-refractivity contribution >= 4 is 27.7 Å². The van der Waals surface area contributed by atoms with Gasteiger partial charge in [-0.05, 0) is 38.2 Å². The molecule has 2 rings (SSSR count). The smallest absolute Gasteiger partial charge is 0.218 e. The number of sulfonamides is 1. The van der Waals surface area contributed by atoms with Gasteiger partial charge in [-0.25, -0.2) is 13.4 Å². The van der Waals surface area contributed by atoms with Gasteiger partial charge in [-0.3, -0.25) is 0 Å². The first-order valence-corrected chi connectivity index (χ1v) is 12.8. The van der Waals surface area contributed by atoms with Crippen molar-refractivity contribution < 1.29 is 13.2 Å². The molecule has 2 N–H and O–H groups in total. The molecule has 29 heavy (non-hydrogen) atoms. The van der Waals surface area contributed by atoms with Crippen molar-refractivity contribution in [1.82, 2.24) is 14.9 Å². The highest BCUT2D eigenvalue weighted by atomic mass is 32.2. The third kappa shape index (κ3) is 7.81. The number of thioether (sulfide) groups is 1. The molecule has 1 aromatic carbocycles. The second kappa shape index (κ2) is 11.2. The number of nitrogens with zero attached hydrogens (tertiary/aromatic N) is 2. The van der Waals surface area contributed by atoms with Crippen LogP contribution >= 0.6 is 11.8 Å². The summed E-state index contributed by atoms with van der Waals surface area (Å²) in [5.41, 5.74) is 1.72. The summed E-state index contributed by atoms with van der Waals surface area (Å²) >= 11 is 1.80. The molecule has 0 atom stereocenters. The van der Waals surface area contributed by atoms with Crippen LogP contribution in [0.4, 0.5) is 0 Å². The molecule has 9 heteroatoms. The highest BCUT2D eigenvalue weighted by Gasteiger charge is 2.25. The molecule has 0 aliphatic carbocycles. The zero-order chi connectivity index (χ0) is 21.3. The van der Waals surface area contributed by atoms with E-state index < -0.39 is 10.0 Å². The zero-order valence-electron chi connectivity index (χ0n) is 17.9. The van der Waals surface area contributed by atoms with E-state index in [0.717, 1.165) is 30.2 Å². The number of morpholine rings is 1. The van der Waals surface area contributed by atoms with E-state index in [1.165, 1.54) is 4.31 Å². The normalized spacial score (nSPS) is 16.6. The van der Waals surface area contributed by atoms with Crippen molar-refractivity contribution in [3.8, 4) is 0 Å². The van der Waals surface area contributed by atoms with Gasteiger partial charge in [0, 0.05) is 30.9 Å². The lowest BCUT2D eigenvalue weighted by molar-refractivity contribution is 0.0729. The first-order valence-electron chi connectivity index (χ1n) is 9.97. The molecule has 0 amide bonds. The molecule has 1 aliphatic heterocycles. The fourth-order valence-electron chi connectivity index (χ4n) is 2.84. The Morgan fingerprint density at radius 2 is 1.86 bits per heavy atom. The van der Waals surface area contributed by atoms with Crippen LogP contribution in [0, 0.1) is 0 Å². The number of aliphatic imine (C=N–C) groups is 1. The van der Waals surface area contributed by atoms with Gasteiger partial charge in [-0.15, -0.1) is 0 Å². The van der Waals surface area contributed by atoms with Crippen LogP contribution in [0.5, 0.6) is 0 Å². The molecule has 0 spiro atoms. The van der Waals surface area contributed by atoms with Gasteiger partial charge in [0.1, 0.15) is 0 Å². The van der Waals surface area contributed by atoms with Crippen molar-refractivity contribution in [2.45, 2.75) is 37.8 Å². The lowest BCUT2D eigenvalue weighted by atomic mass is 10.1. The molecule has 7 nitrogen and oxygen atoms in total. The van der Waals surface area contributed by atoms with Crippen LogP contribution in [-0.4, -0.2) is 69.1 Å². The summed E-state index contributed by atoms with van der Waals surface area (Å²) in [5, 5.41) is 6.64. The molecule has 1 aromatic rings. The highest BCUT2D eigenvalue weighted by molar-refractivity contribution is 7.99. The van der Waals surface area contributed by atoms with E-state index in [1.54, 1.807) is 11.8 Å². The number of rotatable bonds is 9. The second-order valence-electron chi connectivity index (χ2n) is 7.55. The lowest BCUT2D eigenvalue weighted by Gasteiger charge is -2.26. The maximum atomic E-state index is 12.8. The predicted molar refractivity (Wildman–Crippen MR) is 122 cm³/mol. The molecule has 0 saturated carbocycles. The van der Waals surface area contributed by atoms with Crippen molar-refractivity contribution in [3.63, 3.8) is 0 Å². The average Bonchev–Trinajstić information content (AvgIpc) is 2.71. The summed E-state index contributed by atoms with van der Waals surface area (Å²) in [6.45, 7) is 10.1. The van der Waals surface area contributed by atoms with Crippen LogP contribution in [-0.2, 0) is 27.1 Å². The molecule has 1 fully saturated rings. The van der Waals surface area contributed by atoms with E-state index in [0.29, 0.717) is 32.8 Å². The minimum atomic E-state index is -3.37. The molecule has 1 saturated heterocycles. The van der Waals surface area contributed by atoms with E-state index in [4.69, 9.17) is 4.74 Å². The fraction of sp³-hybridized carbons (Fsp3) is 0.650. The number of guanidine groups is 1. The van der Waals surface area contributed by atoms with Gasteiger partial charge in [-0.1, -0.05) is 24.3 Å². The van der Waals surface area contributed by atoms with Gasteiger partial charge in [-0.2, -0.15) is 16.1 Å². The largest absolute Gasteiger partial charge is 0.379 e. The standard InChI is InChI=1S/C20H34N4O3S2/c1-5-21-19(23-16-20(2,3)28-4)22-14-17-8-6-7-9-18(17)15-29(25,26)24-10-12-27-13-11-24/h6-9H,5,10-16H2,1-4H3,(H2,21,22,23). The summed E-state index contributed by atoms with van der Waals surface area (Å²) in [4.78, 5) is 4.68. The van der Waals surface area contributed by atoms with Crippen LogP contribution in [0.1, 0.15) is 31.9 Å². The van der Waals surface area contributed by atoms with Gasteiger partial charge in [0.2, 0.25) is 10.0 Å². The fourth-order valence-corrected chi connectivity index (χ4v) is 4.62. The third-order valence-corrected chi connectivity index (χ3v) is 7.88. The predicted octanol–water partition coefficient (Wildman–Crippen LogP) is 2.05. The summed E-state index contributed by atoms with van der Waals surface area (Å²) in [6, 6.07) is 7.62. The Bertz CT molecular complexity index is 776. The van der Waals surface area contributed by atoms with Crippen LogP contribution in [0.3, 0.4) is 0 Å². The van der Waals surface area contributed by atoms with Crippen LogP contribution in [0.15, 0.2) is 29.3 Å². The molecule has 0 aromatic heterocycles. The Labute approximate surface area is 179 Å². The van der Waals surface area contributed by atoms with Crippen LogP contribution in [0.2, 0.25) is 0 Å². The molecule has 0 unspecified atom stereocenters. The maximum Gasteiger partial charge on any atom is 0.218 e. The highest BCUT2D eigenvalue weighted by Crippen LogP contribution is 2.20. The monoisotopic (exact) mass is 442 g/mol. The molecule has 1 heterocycles. The van der Waals surface area contributed by atoms with Gasteiger partial charge in [0.05, 0.1) is 25.5 Å². The molecule has 164 valence electrons. The first-order chi connectivity index (χ1) is 13.8. The third-order valence-electron chi connectivity index (χ3n) is 4.81. The topological polar surface area (TPSA) is 83.0 Å². The Kier molecular flexibility index (Phi) is 9.26. The number of nitrogens with one attached hydrogen (secondary N) is 2. The summed E-state index contributed by atoms with van der Waals surface area (Å²) < 4.78 is 32.5. The van der Waals surface area contributed by atoms with Crippen molar-refractivity contribution in [1.29, 1.82) is 0 Å². The van der Waals surface area contributed by atoms with Crippen LogP contribution < -0.4 is 10.6 Å². The summed E-state index contributed by atoms with van der Waals surface area (Å²) in [6.07, 6.45) is 2.09. The Hall–Kier alpha value is -1.29. The van der Waals surface area contributed by atoms with Gasteiger partial charge >= 0.3 is 0 Å². The Balaban J connectivity index is 2.11. The Morgan fingerprint density at radius 3 is 2.48 bits per heavy atom. The van der Waals surface area contributed by atoms with E-state index in [9.17, 15) is 8.42 Å². The molecule has 0 bridgehead atoms. The maximum absolute atomic E-state index is 12.8. The zero-order valence-corrected chi connectivity index (χ0v) is 19.5. The quantitative estimate of drug-likeness (QED) is 0.450. The SMILES string of the molecule is CCNC(=NCc1ccccc1CS(=O)(=O)N1CCOCC1)NCC(C)(C)SC. The van der Waals surface area contributed by atoms with Gasteiger partial charge in [0.15, 0.2) is 5.96 Å². The van der Waals surface area contributed by atoms with Crippen molar-refractivity contribution in [2.24, 2.45) is 4.99 Å². The molecule has 0 radical (unpaired) electrons. The van der Waals surface area contributed by atoms with E-state index in [2.05, 4.69) is 35.7 Å². The van der Waals surface area contributed by atoms with Crippen molar-refractivity contribution in [2.75, 3.05) is 45.6 Å². The number of hydrogen-bond donors (Lipinski definition) is 2. The summed E-state index contributed by atoms with van der Waals surface area (Å²) in [7, 11) is -3.37. The van der Waals surface area contributed by atoms with Crippen LogP contribution in [0.25, 0.3) is 0 Å². The molecular formula is C20H34N4O3S2. The number of hydrogen-bond acceptors (Lipinski definition) is 5. The second-order valence-corrected chi connectivity index (χ2v) is 11.0. The van der Waals surface area contributed by atoms with Crippen molar-refractivity contribution in [3.05, 3.63) is 35.4 Å². The number of ether oxygens (including phenoxy) is 1. The number of benzene rings is 1. The lowest BCUT2D eigenvalue weighted by Crippen LogP contribution is -2.43. The van der Waals surface area contributed by atoms with Gasteiger partial charge in [0.25, 0.3) is 0 Å². The summed E-state index contributed by atoms with van der Waals surface area (Å²) in [5.74, 6) is 0.725. The molecular weight excluding hydrogens is 408 g/mol. The van der Waals surface area contributed by atoms with E-state index in [-0.39, 0.29) is 10.5 Å². The van der Waals surface area contributed by atoms with Gasteiger partial charge < -0.3 is 15.4 Å². The first kappa shape index (κ1) is 24.0. The Morgan fingerprint density at radius 1 is 1.21 bits per heavy atom. The molecule has 1 aliphatic rings. The van der Waals surface area contributed by atoms with E-state index >= 15 is 0 Å². The van der Waals surface area contributed by atoms with E-state index in [1.807, 2.05) is 31.2 Å². The minimum Gasteiger partial charge on any atom is -0.379 e.